The first-order valence-electron chi connectivity index (χ1n) is 8.47. The minimum atomic E-state index is -0.207. The van der Waals surface area contributed by atoms with Crippen LogP contribution in [-0.4, -0.2) is 19.9 Å². The molecule has 0 radical (unpaired) electrons. The maximum absolute atomic E-state index is 12.6. The van der Waals surface area contributed by atoms with E-state index in [0.29, 0.717) is 33.8 Å². The highest BCUT2D eigenvalue weighted by Gasteiger charge is 2.12. The van der Waals surface area contributed by atoms with Gasteiger partial charge in [0.25, 0.3) is 5.56 Å². The Balaban J connectivity index is 1.67. The number of para-hydroxylation sites is 2. The molecule has 0 bridgehead atoms. The third-order valence-electron chi connectivity index (χ3n) is 4.36. The van der Waals surface area contributed by atoms with Crippen molar-refractivity contribution in [1.29, 1.82) is 0 Å². The number of nitrogens with zero attached hydrogens (tertiary/aromatic N) is 2. The van der Waals surface area contributed by atoms with Crippen LogP contribution in [0.4, 0.5) is 0 Å². The van der Waals surface area contributed by atoms with Crippen LogP contribution in [0.1, 0.15) is 0 Å². The minimum Gasteiger partial charge on any atom is -0.457 e. The van der Waals surface area contributed by atoms with Gasteiger partial charge in [-0.2, -0.15) is 0 Å². The summed E-state index contributed by atoms with van der Waals surface area (Å²) in [6, 6.07) is 20.5. The second-order valence-corrected chi connectivity index (χ2v) is 6.11. The zero-order valence-electron chi connectivity index (χ0n) is 14.1. The number of hydrogen-bond acceptors (Lipinski definition) is 4. The van der Waals surface area contributed by atoms with Crippen LogP contribution in [0.2, 0.25) is 0 Å². The summed E-state index contributed by atoms with van der Waals surface area (Å²) in [5.41, 5.74) is 2.65. The molecule has 0 aliphatic carbocycles. The molecule has 3 aromatic carbocycles. The molecular weight excluding hydrogens is 340 g/mol. The van der Waals surface area contributed by atoms with Gasteiger partial charge in [-0.1, -0.05) is 30.3 Å². The van der Waals surface area contributed by atoms with Crippen molar-refractivity contribution in [2.24, 2.45) is 0 Å². The fraction of sp³-hybridized carbons (Fsp3) is 0. The molecule has 6 nitrogen and oxygen atoms in total. The van der Waals surface area contributed by atoms with Gasteiger partial charge in [0.15, 0.2) is 0 Å². The van der Waals surface area contributed by atoms with Crippen molar-refractivity contribution in [1.82, 2.24) is 19.9 Å². The second-order valence-electron chi connectivity index (χ2n) is 6.11. The summed E-state index contributed by atoms with van der Waals surface area (Å²) in [6.45, 7) is 0. The Hall–Kier alpha value is -3.93. The normalized spacial score (nSPS) is 11.1. The molecule has 2 N–H and O–H groups in total. The van der Waals surface area contributed by atoms with Gasteiger partial charge in [-0.05, 0) is 36.4 Å². The van der Waals surface area contributed by atoms with E-state index in [4.69, 9.17) is 4.74 Å². The van der Waals surface area contributed by atoms with Crippen molar-refractivity contribution >= 4 is 21.9 Å². The molecule has 6 heteroatoms. The van der Waals surface area contributed by atoms with E-state index in [1.807, 2.05) is 54.6 Å². The fourth-order valence-corrected chi connectivity index (χ4v) is 3.06. The summed E-state index contributed by atoms with van der Waals surface area (Å²) in [5, 5.41) is 0.511. The predicted molar refractivity (Wildman–Crippen MR) is 104 cm³/mol. The monoisotopic (exact) mass is 354 g/mol. The maximum Gasteiger partial charge on any atom is 0.259 e. The van der Waals surface area contributed by atoms with Crippen molar-refractivity contribution in [3.05, 3.63) is 83.4 Å². The van der Waals surface area contributed by atoms with E-state index in [0.717, 1.165) is 11.0 Å². The summed E-state index contributed by atoms with van der Waals surface area (Å²) in [6.07, 6.45) is 1.60. The summed E-state index contributed by atoms with van der Waals surface area (Å²) in [7, 11) is 0. The number of ether oxygens (including phenoxy) is 1. The van der Waals surface area contributed by atoms with E-state index in [9.17, 15) is 4.79 Å². The third kappa shape index (κ3) is 2.73. The molecule has 0 atom stereocenters. The first-order chi connectivity index (χ1) is 13.3. The van der Waals surface area contributed by atoms with Crippen LogP contribution >= 0.6 is 0 Å². The highest BCUT2D eigenvalue weighted by Crippen LogP contribution is 2.31. The molecule has 5 aromatic rings. The van der Waals surface area contributed by atoms with E-state index in [-0.39, 0.29) is 5.56 Å². The third-order valence-corrected chi connectivity index (χ3v) is 4.36. The number of fused-ring (bicyclic) bond motifs is 2. The van der Waals surface area contributed by atoms with E-state index in [1.54, 1.807) is 18.5 Å². The number of hydrogen-bond donors (Lipinski definition) is 2. The van der Waals surface area contributed by atoms with Gasteiger partial charge in [0.1, 0.15) is 17.3 Å². The molecule has 2 heterocycles. The first-order valence-corrected chi connectivity index (χ1v) is 8.47. The number of aromatic nitrogens is 4. The number of imidazole rings is 1. The number of rotatable bonds is 3. The minimum absolute atomic E-state index is 0.207. The lowest BCUT2D eigenvalue weighted by Gasteiger charge is -2.11. The molecule has 0 saturated carbocycles. The Morgan fingerprint density at radius 3 is 2.59 bits per heavy atom. The molecule has 0 fully saturated rings. The lowest BCUT2D eigenvalue weighted by atomic mass is 10.1. The Morgan fingerprint density at radius 2 is 1.70 bits per heavy atom. The van der Waals surface area contributed by atoms with Crippen LogP contribution in [0, 0.1) is 0 Å². The quantitative estimate of drug-likeness (QED) is 0.507. The van der Waals surface area contributed by atoms with Crippen LogP contribution < -0.4 is 10.3 Å². The summed E-state index contributed by atoms with van der Waals surface area (Å²) in [5.74, 6) is 1.78. The Labute approximate surface area is 153 Å². The van der Waals surface area contributed by atoms with E-state index in [1.165, 1.54) is 0 Å². The molecule has 0 aliphatic heterocycles. The Morgan fingerprint density at radius 1 is 0.889 bits per heavy atom. The average molecular weight is 354 g/mol. The van der Waals surface area contributed by atoms with Crippen LogP contribution in [0.3, 0.4) is 0 Å². The highest BCUT2D eigenvalue weighted by atomic mass is 16.5. The van der Waals surface area contributed by atoms with Gasteiger partial charge in [-0.25, -0.2) is 9.97 Å². The van der Waals surface area contributed by atoms with Gasteiger partial charge < -0.3 is 14.7 Å². The molecule has 2 aromatic heterocycles. The lowest BCUT2D eigenvalue weighted by Crippen LogP contribution is -2.10. The van der Waals surface area contributed by atoms with Gasteiger partial charge in [-0.3, -0.25) is 4.79 Å². The first kappa shape index (κ1) is 15.3. The zero-order chi connectivity index (χ0) is 18.2. The highest BCUT2D eigenvalue weighted by molar-refractivity contribution is 5.93. The van der Waals surface area contributed by atoms with Gasteiger partial charge in [0.05, 0.1) is 33.8 Å². The standard InChI is InChI=1S/C21H14N4O2/c26-21-15-10-17-18(23-12-22-17)11-16(15)24-20(25-21)14-8-4-5-9-19(14)27-13-6-2-1-3-7-13/h1-12H,(H,22,23)(H,24,25,26). The topological polar surface area (TPSA) is 83.7 Å². The zero-order valence-corrected chi connectivity index (χ0v) is 14.1. The van der Waals surface area contributed by atoms with Crippen molar-refractivity contribution in [2.75, 3.05) is 0 Å². The summed E-state index contributed by atoms with van der Waals surface area (Å²) >= 11 is 0. The van der Waals surface area contributed by atoms with E-state index in [2.05, 4.69) is 19.9 Å². The van der Waals surface area contributed by atoms with E-state index >= 15 is 0 Å². The SMILES string of the molecule is O=c1[nH]c(-c2ccccc2Oc2ccccc2)nc2cc3nc[nH]c3cc12. The second kappa shape index (κ2) is 6.10. The average Bonchev–Trinajstić information content (AvgIpc) is 3.15. The molecule has 0 aliphatic rings. The summed E-state index contributed by atoms with van der Waals surface area (Å²) in [4.78, 5) is 27.4. The molecule has 5 rings (SSSR count). The van der Waals surface area contributed by atoms with Crippen LogP contribution in [0.25, 0.3) is 33.3 Å². The number of aromatic amines is 2. The molecule has 0 spiro atoms. The van der Waals surface area contributed by atoms with Crippen LogP contribution in [-0.2, 0) is 0 Å². The van der Waals surface area contributed by atoms with Crippen molar-refractivity contribution < 1.29 is 4.74 Å². The fourth-order valence-electron chi connectivity index (χ4n) is 3.06. The van der Waals surface area contributed by atoms with Crippen molar-refractivity contribution in [2.45, 2.75) is 0 Å². The molecule has 0 amide bonds. The van der Waals surface area contributed by atoms with Crippen molar-refractivity contribution in [3.63, 3.8) is 0 Å². The van der Waals surface area contributed by atoms with Crippen molar-refractivity contribution in [3.8, 4) is 22.9 Å². The van der Waals surface area contributed by atoms with Crippen LogP contribution in [0.5, 0.6) is 11.5 Å². The smallest absolute Gasteiger partial charge is 0.259 e. The Bertz CT molecular complexity index is 1320. The van der Waals surface area contributed by atoms with E-state index < -0.39 is 0 Å². The van der Waals surface area contributed by atoms with Crippen LogP contribution in [0.15, 0.2) is 77.9 Å². The molecule has 0 saturated heterocycles. The van der Waals surface area contributed by atoms with Gasteiger partial charge >= 0.3 is 0 Å². The molecular formula is C21H14N4O2. The maximum atomic E-state index is 12.6. The molecule has 130 valence electrons. The predicted octanol–water partition coefficient (Wildman–Crippen LogP) is 4.26. The molecule has 0 unspecified atom stereocenters. The molecule has 27 heavy (non-hydrogen) atoms. The lowest BCUT2D eigenvalue weighted by molar-refractivity contribution is 0.484. The number of benzene rings is 3. The van der Waals surface area contributed by atoms with Gasteiger partial charge in [0.2, 0.25) is 0 Å². The Kier molecular flexibility index (Phi) is 3.47. The van der Waals surface area contributed by atoms with Gasteiger partial charge in [-0.15, -0.1) is 0 Å². The number of nitrogens with one attached hydrogen (secondary N) is 2. The largest absolute Gasteiger partial charge is 0.457 e. The van der Waals surface area contributed by atoms with Gasteiger partial charge in [0, 0.05) is 0 Å². The summed E-state index contributed by atoms with van der Waals surface area (Å²) < 4.78 is 5.99. The number of H-pyrrole nitrogens is 2.